The lowest BCUT2D eigenvalue weighted by Crippen LogP contribution is -2.40. The van der Waals surface area contributed by atoms with Gasteiger partial charge in [0.2, 0.25) is 11.9 Å². The predicted molar refractivity (Wildman–Crippen MR) is 116 cm³/mol. The number of nitrogens with one attached hydrogen (secondary N) is 2. The molecule has 3 aromatic carbocycles. The van der Waals surface area contributed by atoms with Crippen molar-refractivity contribution in [2.75, 3.05) is 17.2 Å². The van der Waals surface area contributed by atoms with Gasteiger partial charge in [-0.1, -0.05) is 24.3 Å². The van der Waals surface area contributed by atoms with Crippen LogP contribution in [0.4, 0.5) is 15.8 Å². The minimum atomic E-state index is -0.911. The number of anilines is 2. The zero-order chi connectivity index (χ0) is 22.1. The van der Waals surface area contributed by atoms with Crippen LogP contribution in [0, 0.1) is 5.82 Å². The number of furan rings is 1. The molecule has 1 aliphatic heterocycles. The van der Waals surface area contributed by atoms with Gasteiger partial charge in [-0.05, 0) is 48.5 Å². The Labute approximate surface area is 181 Å². The second kappa shape index (κ2) is 8.07. The molecule has 5 rings (SSSR count). The molecule has 0 fully saturated rings. The van der Waals surface area contributed by atoms with E-state index < -0.39 is 23.7 Å². The van der Waals surface area contributed by atoms with Crippen LogP contribution in [0.5, 0.6) is 11.5 Å². The molecule has 0 radical (unpaired) electrons. The van der Waals surface area contributed by atoms with Gasteiger partial charge >= 0.3 is 0 Å². The van der Waals surface area contributed by atoms with Gasteiger partial charge in [-0.25, -0.2) is 4.39 Å². The third kappa shape index (κ3) is 3.74. The average molecular weight is 432 g/mol. The molecule has 1 aromatic heterocycles. The van der Waals surface area contributed by atoms with Gasteiger partial charge in [0, 0.05) is 11.1 Å². The largest absolute Gasteiger partial charge is 0.485 e. The molecule has 160 valence electrons. The summed E-state index contributed by atoms with van der Waals surface area (Å²) in [7, 11) is 0. The highest BCUT2D eigenvalue weighted by atomic mass is 19.1. The summed E-state index contributed by atoms with van der Waals surface area (Å²) in [6.07, 6.45) is -0.911. The Morgan fingerprint density at radius 1 is 0.875 bits per heavy atom. The van der Waals surface area contributed by atoms with Crippen molar-refractivity contribution in [1.29, 1.82) is 0 Å². The maximum absolute atomic E-state index is 13.2. The number of carbonyl (C=O) groups is 2. The molecule has 7 nitrogen and oxygen atoms in total. The monoisotopic (exact) mass is 432 g/mol. The highest BCUT2D eigenvalue weighted by Crippen LogP contribution is 2.34. The first kappa shape index (κ1) is 19.6. The van der Waals surface area contributed by atoms with Gasteiger partial charge in [-0.15, -0.1) is 0 Å². The number of hydrogen-bond acceptors (Lipinski definition) is 5. The molecule has 32 heavy (non-hydrogen) atoms. The summed E-state index contributed by atoms with van der Waals surface area (Å²) in [6, 6.07) is 19.3. The van der Waals surface area contributed by atoms with Crippen molar-refractivity contribution in [3.8, 4) is 11.5 Å². The summed E-state index contributed by atoms with van der Waals surface area (Å²) in [5.74, 6) is -0.553. The lowest BCUT2D eigenvalue weighted by molar-refractivity contribution is -0.125. The lowest BCUT2D eigenvalue weighted by atomic mass is 10.2. The van der Waals surface area contributed by atoms with Gasteiger partial charge in [-0.3, -0.25) is 9.59 Å². The third-order valence-corrected chi connectivity index (χ3v) is 4.95. The van der Waals surface area contributed by atoms with Crippen molar-refractivity contribution in [3.05, 3.63) is 84.4 Å². The summed E-state index contributed by atoms with van der Waals surface area (Å²) in [6.45, 7) is 0.0236. The van der Waals surface area contributed by atoms with E-state index in [2.05, 4.69) is 10.6 Å². The molecule has 2 amide bonds. The fraction of sp³-hybridized carbons (Fsp3) is 0.0833. The molecular weight excluding hydrogens is 415 g/mol. The Kier molecular flexibility index (Phi) is 4.95. The van der Waals surface area contributed by atoms with Crippen LogP contribution >= 0.6 is 0 Å². The second-order valence-corrected chi connectivity index (χ2v) is 7.12. The Morgan fingerprint density at radius 2 is 1.59 bits per heavy atom. The summed E-state index contributed by atoms with van der Waals surface area (Å²) < 4.78 is 30.3. The first-order valence-corrected chi connectivity index (χ1v) is 9.86. The van der Waals surface area contributed by atoms with Crippen LogP contribution in [0.3, 0.4) is 0 Å². The van der Waals surface area contributed by atoms with Crippen molar-refractivity contribution in [3.63, 3.8) is 0 Å². The van der Waals surface area contributed by atoms with Crippen LogP contribution in [-0.2, 0) is 4.79 Å². The van der Waals surface area contributed by atoms with Gasteiger partial charge < -0.3 is 24.5 Å². The van der Waals surface area contributed by atoms with E-state index in [4.69, 9.17) is 13.9 Å². The minimum Gasteiger partial charge on any atom is -0.485 e. The second-order valence-electron chi connectivity index (χ2n) is 7.12. The number of benzene rings is 3. The third-order valence-electron chi connectivity index (χ3n) is 4.95. The maximum atomic E-state index is 13.2. The fourth-order valence-electron chi connectivity index (χ4n) is 3.40. The van der Waals surface area contributed by atoms with Crippen molar-refractivity contribution in [2.24, 2.45) is 0 Å². The Morgan fingerprint density at radius 3 is 2.41 bits per heavy atom. The summed E-state index contributed by atoms with van der Waals surface area (Å²) >= 11 is 0. The average Bonchev–Trinajstić information content (AvgIpc) is 3.19. The number of halogens is 1. The SMILES string of the molecule is O=C(Nc1ccc(F)cc1)c1oc2ccccc2c1NC(=O)[C@@H]1COc2ccccc2O1. The first-order chi connectivity index (χ1) is 15.6. The number of rotatable bonds is 4. The van der Waals surface area contributed by atoms with E-state index in [1.165, 1.54) is 24.3 Å². The molecule has 0 spiro atoms. The Balaban J connectivity index is 1.42. The molecule has 1 aliphatic rings. The first-order valence-electron chi connectivity index (χ1n) is 9.86. The van der Waals surface area contributed by atoms with Crippen LogP contribution in [0.25, 0.3) is 11.0 Å². The summed E-state index contributed by atoms with van der Waals surface area (Å²) in [5, 5.41) is 5.95. The normalized spacial score (nSPS) is 14.7. The van der Waals surface area contributed by atoms with Crippen LogP contribution in [0.2, 0.25) is 0 Å². The van der Waals surface area contributed by atoms with E-state index in [0.717, 1.165) is 0 Å². The molecule has 0 aliphatic carbocycles. The van der Waals surface area contributed by atoms with E-state index >= 15 is 0 Å². The molecule has 2 heterocycles. The van der Waals surface area contributed by atoms with Crippen LogP contribution in [0.15, 0.2) is 77.2 Å². The Bertz CT molecular complexity index is 1320. The standard InChI is InChI=1S/C24H17FN2O5/c25-14-9-11-15(12-10-14)26-24(29)22-21(16-5-1-2-6-17(16)32-22)27-23(28)20-13-30-18-7-3-4-8-19(18)31-20/h1-12,20H,13H2,(H,26,29)(H,27,28)/t20-/m0/s1. The highest BCUT2D eigenvalue weighted by Gasteiger charge is 2.30. The van der Waals surface area contributed by atoms with E-state index in [0.29, 0.717) is 28.2 Å². The highest BCUT2D eigenvalue weighted by molar-refractivity contribution is 6.15. The number of carbonyl (C=O) groups excluding carboxylic acids is 2. The molecule has 8 heteroatoms. The predicted octanol–water partition coefficient (Wildman–Crippen LogP) is 4.60. The molecular formula is C24H17FN2O5. The van der Waals surface area contributed by atoms with E-state index in [9.17, 15) is 14.0 Å². The van der Waals surface area contributed by atoms with E-state index in [1.807, 2.05) is 6.07 Å². The van der Waals surface area contributed by atoms with Crippen molar-refractivity contribution >= 4 is 34.2 Å². The molecule has 1 atom stereocenters. The summed E-state index contributed by atoms with van der Waals surface area (Å²) in [5.41, 5.74) is 1.03. The zero-order valence-electron chi connectivity index (χ0n) is 16.6. The van der Waals surface area contributed by atoms with Gasteiger partial charge in [-0.2, -0.15) is 0 Å². The number of hydrogen-bond donors (Lipinski definition) is 2. The number of para-hydroxylation sites is 3. The molecule has 0 unspecified atom stereocenters. The number of amides is 2. The van der Waals surface area contributed by atoms with Crippen LogP contribution < -0.4 is 20.1 Å². The van der Waals surface area contributed by atoms with E-state index in [-0.39, 0.29) is 18.1 Å². The number of ether oxygens (including phenoxy) is 2. The van der Waals surface area contributed by atoms with Crippen molar-refractivity contribution in [1.82, 2.24) is 0 Å². The molecule has 2 N–H and O–H groups in total. The number of fused-ring (bicyclic) bond motifs is 2. The minimum absolute atomic E-state index is 0.0236. The van der Waals surface area contributed by atoms with Crippen molar-refractivity contribution in [2.45, 2.75) is 6.10 Å². The van der Waals surface area contributed by atoms with Gasteiger partial charge in [0.15, 0.2) is 11.5 Å². The Hall–Kier alpha value is -4.33. The molecule has 0 bridgehead atoms. The van der Waals surface area contributed by atoms with Crippen LogP contribution in [0.1, 0.15) is 10.6 Å². The van der Waals surface area contributed by atoms with Gasteiger partial charge in [0.25, 0.3) is 11.8 Å². The fourth-order valence-corrected chi connectivity index (χ4v) is 3.40. The van der Waals surface area contributed by atoms with Crippen LogP contribution in [-0.4, -0.2) is 24.5 Å². The quantitative estimate of drug-likeness (QED) is 0.492. The topological polar surface area (TPSA) is 89.8 Å². The summed E-state index contributed by atoms with van der Waals surface area (Å²) in [4.78, 5) is 25.9. The molecule has 4 aromatic rings. The smallest absolute Gasteiger partial charge is 0.293 e. The molecule has 0 saturated carbocycles. The molecule has 0 saturated heterocycles. The lowest BCUT2D eigenvalue weighted by Gasteiger charge is -2.25. The zero-order valence-corrected chi connectivity index (χ0v) is 16.6. The maximum Gasteiger partial charge on any atom is 0.293 e. The van der Waals surface area contributed by atoms with Crippen molar-refractivity contribution < 1.29 is 27.9 Å². The van der Waals surface area contributed by atoms with Gasteiger partial charge in [0.05, 0.1) is 0 Å². The van der Waals surface area contributed by atoms with Gasteiger partial charge in [0.1, 0.15) is 23.7 Å². The van der Waals surface area contributed by atoms with E-state index in [1.54, 1.807) is 42.5 Å².